The van der Waals surface area contributed by atoms with Gasteiger partial charge in [0.1, 0.15) is 0 Å². The lowest BCUT2D eigenvalue weighted by molar-refractivity contribution is 0.0939. The smallest absolute Gasteiger partial charge is 0.251 e. The molecule has 0 aliphatic heterocycles. The lowest BCUT2D eigenvalue weighted by atomic mass is 10.1. The van der Waals surface area contributed by atoms with Crippen molar-refractivity contribution in [2.45, 2.75) is 37.0 Å². The standard InChI is InChI=1S/C18H20BrNO3S/c1-12(2)24(22,23)15-10-8-14(9-11-15)18(21)20-13(3)16-6-4-5-7-17(16)19/h4-13H,1-3H3,(H,20,21)/t13-/m0/s1. The lowest BCUT2D eigenvalue weighted by Gasteiger charge is -2.16. The van der Waals surface area contributed by atoms with E-state index in [4.69, 9.17) is 0 Å². The highest BCUT2D eigenvalue weighted by molar-refractivity contribution is 9.10. The Morgan fingerprint density at radius 3 is 2.12 bits per heavy atom. The van der Waals surface area contributed by atoms with Gasteiger partial charge in [-0.05, 0) is 56.7 Å². The highest BCUT2D eigenvalue weighted by atomic mass is 79.9. The molecular formula is C18H20BrNO3S. The van der Waals surface area contributed by atoms with Gasteiger partial charge in [-0.25, -0.2) is 8.42 Å². The van der Waals surface area contributed by atoms with Crippen LogP contribution in [0.3, 0.4) is 0 Å². The molecule has 6 heteroatoms. The average molecular weight is 410 g/mol. The maximum absolute atomic E-state index is 12.4. The van der Waals surface area contributed by atoms with E-state index in [1.54, 1.807) is 13.8 Å². The second-order valence-electron chi connectivity index (χ2n) is 5.83. The zero-order valence-electron chi connectivity index (χ0n) is 13.8. The van der Waals surface area contributed by atoms with Crippen molar-refractivity contribution in [1.82, 2.24) is 5.32 Å². The Morgan fingerprint density at radius 2 is 1.58 bits per heavy atom. The molecule has 1 N–H and O–H groups in total. The molecule has 0 heterocycles. The van der Waals surface area contributed by atoms with Crippen molar-refractivity contribution in [1.29, 1.82) is 0 Å². The van der Waals surface area contributed by atoms with Crippen LogP contribution in [0.25, 0.3) is 0 Å². The van der Waals surface area contributed by atoms with Crippen LogP contribution in [0, 0.1) is 0 Å². The van der Waals surface area contributed by atoms with Gasteiger partial charge < -0.3 is 5.32 Å². The summed E-state index contributed by atoms with van der Waals surface area (Å²) in [5, 5.41) is 2.42. The van der Waals surface area contributed by atoms with Gasteiger partial charge in [0, 0.05) is 10.0 Å². The Kier molecular flexibility index (Phi) is 5.83. The van der Waals surface area contributed by atoms with Crippen molar-refractivity contribution in [3.8, 4) is 0 Å². The predicted molar refractivity (Wildman–Crippen MR) is 98.8 cm³/mol. The molecule has 128 valence electrons. The van der Waals surface area contributed by atoms with Crippen LogP contribution in [0.1, 0.15) is 42.7 Å². The van der Waals surface area contributed by atoms with Crippen LogP contribution in [-0.2, 0) is 9.84 Å². The van der Waals surface area contributed by atoms with Crippen molar-refractivity contribution in [2.24, 2.45) is 0 Å². The van der Waals surface area contributed by atoms with Crippen LogP contribution in [0.15, 0.2) is 57.9 Å². The number of sulfone groups is 1. The van der Waals surface area contributed by atoms with Crippen molar-refractivity contribution < 1.29 is 13.2 Å². The summed E-state index contributed by atoms with van der Waals surface area (Å²) in [6, 6.07) is 13.5. The molecule has 0 aromatic heterocycles. The Morgan fingerprint density at radius 1 is 1.00 bits per heavy atom. The number of amides is 1. The van der Waals surface area contributed by atoms with E-state index in [2.05, 4.69) is 21.2 Å². The summed E-state index contributed by atoms with van der Waals surface area (Å²) >= 11 is 3.47. The topological polar surface area (TPSA) is 63.2 Å². The first kappa shape index (κ1) is 18.7. The fourth-order valence-corrected chi connectivity index (χ4v) is 3.94. The molecule has 0 radical (unpaired) electrons. The van der Waals surface area contributed by atoms with E-state index in [-0.39, 0.29) is 16.8 Å². The quantitative estimate of drug-likeness (QED) is 0.807. The number of benzene rings is 2. The van der Waals surface area contributed by atoms with Gasteiger partial charge in [0.05, 0.1) is 16.2 Å². The van der Waals surface area contributed by atoms with Crippen LogP contribution in [0.5, 0.6) is 0 Å². The zero-order valence-corrected chi connectivity index (χ0v) is 16.2. The number of carbonyl (C=O) groups excluding carboxylic acids is 1. The number of nitrogens with one attached hydrogen (secondary N) is 1. The van der Waals surface area contributed by atoms with Crippen LogP contribution < -0.4 is 5.32 Å². The lowest BCUT2D eigenvalue weighted by Crippen LogP contribution is -2.27. The number of carbonyl (C=O) groups is 1. The minimum absolute atomic E-state index is 0.174. The van der Waals surface area contributed by atoms with Crippen LogP contribution in [0.4, 0.5) is 0 Å². The molecule has 2 aromatic rings. The third-order valence-corrected chi connectivity index (χ3v) is 6.68. The van der Waals surface area contributed by atoms with Crippen LogP contribution in [-0.4, -0.2) is 19.6 Å². The van der Waals surface area contributed by atoms with Gasteiger partial charge in [0.2, 0.25) is 0 Å². The van der Waals surface area contributed by atoms with Gasteiger partial charge in [-0.2, -0.15) is 0 Å². The second kappa shape index (κ2) is 7.49. The molecular weight excluding hydrogens is 390 g/mol. The fraction of sp³-hybridized carbons (Fsp3) is 0.278. The molecule has 0 unspecified atom stereocenters. The number of halogens is 1. The normalized spacial score (nSPS) is 12.9. The summed E-state index contributed by atoms with van der Waals surface area (Å²) in [4.78, 5) is 12.6. The van der Waals surface area contributed by atoms with Gasteiger partial charge in [-0.3, -0.25) is 4.79 Å². The van der Waals surface area contributed by atoms with Crippen LogP contribution in [0.2, 0.25) is 0 Å². The summed E-state index contributed by atoms with van der Waals surface area (Å²) in [6.45, 7) is 5.17. The molecule has 2 aromatic carbocycles. The summed E-state index contributed by atoms with van der Waals surface area (Å²) in [6.07, 6.45) is 0. The van der Waals surface area contributed by atoms with Crippen molar-refractivity contribution in [3.05, 3.63) is 64.1 Å². The van der Waals surface area contributed by atoms with Crippen molar-refractivity contribution >= 4 is 31.7 Å². The van der Waals surface area contributed by atoms with Gasteiger partial charge in [0.15, 0.2) is 9.84 Å². The number of rotatable bonds is 5. The first-order chi connectivity index (χ1) is 11.2. The third-order valence-electron chi connectivity index (χ3n) is 3.78. The molecule has 2 rings (SSSR count). The van der Waals surface area contributed by atoms with E-state index in [1.165, 1.54) is 24.3 Å². The molecule has 0 spiro atoms. The molecule has 0 fully saturated rings. The molecule has 1 amide bonds. The molecule has 4 nitrogen and oxygen atoms in total. The van der Waals surface area contributed by atoms with E-state index >= 15 is 0 Å². The largest absolute Gasteiger partial charge is 0.345 e. The second-order valence-corrected chi connectivity index (χ2v) is 9.19. The Bertz CT molecular complexity index is 830. The van der Waals surface area contributed by atoms with Gasteiger partial charge in [0.25, 0.3) is 5.91 Å². The highest BCUT2D eigenvalue weighted by Gasteiger charge is 2.20. The predicted octanol–water partition coefficient (Wildman–Crippen LogP) is 4.12. The monoisotopic (exact) mass is 409 g/mol. The minimum atomic E-state index is -3.33. The zero-order chi connectivity index (χ0) is 17.9. The maximum atomic E-state index is 12.4. The van der Waals surface area contributed by atoms with E-state index in [0.29, 0.717) is 5.56 Å². The maximum Gasteiger partial charge on any atom is 0.251 e. The molecule has 0 bridgehead atoms. The van der Waals surface area contributed by atoms with Gasteiger partial charge in [-0.15, -0.1) is 0 Å². The van der Waals surface area contributed by atoms with Crippen LogP contribution >= 0.6 is 15.9 Å². The number of hydrogen-bond donors (Lipinski definition) is 1. The summed E-state index contributed by atoms with van der Waals surface area (Å²) in [5.41, 5.74) is 1.40. The Balaban J connectivity index is 2.15. The van der Waals surface area contributed by atoms with Crippen molar-refractivity contribution in [2.75, 3.05) is 0 Å². The van der Waals surface area contributed by atoms with E-state index in [9.17, 15) is 13.2 Å². The Labute approximate surface area is 151 Å². The molecule has 0 aliphatic rings. The summed E-state index contributed by atoms with van der Waals surface area (Å²) in [5.74, 6) is -0.244. The molecule has 24 heavy (non-hydrogen) atoms. The fourth-order valence-electron chi connectivity index (χ4n) is 2.25. The van der Waals surface area contributed by atoms with Gasteiger partial charge >= 0.3 is 0 Å². The molecule has 0 saturated carbocycles. The first-order valence-corrected chi connectivity index (χ1v) is 9.96. The average Bonchev–Trinajstić information content (AvgIpc) is 2.55. The van der Waals surface area contributed by atoms with Crippen molar-refractivity contribution in [3.63, 3.8) is 0 Å². The summed E-state index contributed by atoms with van der Waals surface area (Å²) < 4.78 is 25.1. The van der Waals surface area contributed by atoms with E-state index in [1.807, 2.05) is 31.2 Å². The third kappa shape index (κ3) is 4.05. The molecule has 1 atom stereocenters. The SMILES string of the molecule is CC(C)S(=O)(=O)c1ccc(C(=O)N[C@@H](C)c2ccccc2Br)cc1. The summed E-state index contributed by atoms with van der Waals surface area (Å²) in [7, 11) is -3.33. The Hall–Kier alpha value is -1.66. The first-order valence-electron chi connectivity index (χ1n) is 7.62. The van der Waals surface area contributed by atoms with Gasteiger partial charge in [-0.1, -0.05) is 34.1 Å². The highest BCUT2D eigenvalue weighted by Crippen LogP contribution is 2.23. The molecule has 0 saturated heterocycles. The number of hydrogen-bond acceptors (Lipinski definition) is 3. The molecule has 0 aliphatic carbocycles. The van der Waals surface area contributed by atoms with E-state index in [0.717, 1.165) is 10.0 Å². The minimum Gasteiger partial charge on any atom is -0.345 e. The van der Waals surface area contributed by atoms with E-state index < -0.39 is 15.1 Å².